The molecule has 3 N–H and O–H groups in total. The maximum absolute atomic E-state index is 12.0. The second-order valence-electron chi connectivity index (χ2n) is 6.33. The van der Waals surface area contributed by atoms with E-state index in [-0.39, 0.29) is 12.4 Å². The lowest BCUT2D eigenvalue weighted by molar-refractivity contribution is -0.139. The molecule has 0 radical (unpaired) electrons. The first-order valence-corrected chi connectivity index (χ1v) is 8.98. The van der Waals surface area contributed by atoms with Gasteiger partial charge >= 0.3 is 12.1 Å². The molecule has 30 heavy (non-hydrogen) atoms. The normalized spacial score (nSPS) is 10.3. The number of alkyl carbamates (subject to hydrolysis) is 1. The van der Waals surface area contributed by atoms with Crippen molar-refractivity contribution >= 4 is 28.7 Å². The average molecular weight is 408 g/mol. The van der Waals surface area contributed by atoms with Crippen LogP contribution in [0.3, 0.4) is 0 Å². The van der Waals surface area contributed by atoms with Gasteiger partial charge in [-0.05, 0) is 46.7 Å². The van der Waals surface area contributed by atoms with Crippen LogP contribution in [0.5, 0.6) is 11.5 Å². The van der Waals surface area contributed by atoms with Gasteiger partial charge in [-0.25, -0.2) is 9.59 Å². The molecule has 0 fully saturated rings. The first kappa shape index (κ1) is 20.7. The molecule has 0 aliphatic carbocycles. The van der Waals surface area contributed by atoms with Gasteiger partial charge in [-0.15, -0.1) is 0 Å². The molecule has 8 heteroatoms. The number of methoxy groups -OCH3 is 1. The van der Waals surface area contributed by atoms with Crippen LogP contribution in [0.25, 0.3) is 10.8 Å². The van der Waals surface area contributed by atoms with Gasteiger partial charge < -0.3 is 19.3 Å². The zero-order chi connectivity index (χ0) is 21.5. The van der Waals surface area contributed by atoms with Gasteiger partial charge in [0.1, 0.15) is 23.9 Å². The molecule has 3 aromatic carbocycles. The zero-order valence-corrected chi connectivity index (χ0v) is 16.2. The van der Waals surface area contributed by atoms with Gasteiger partial charge in [-0.2, -0.15) is 0 Å². The quantitative estimate of drug-likeness (QED) is 0.406. The molecule has 0 aliphatic rings. The van der Waals surface area contributed by atoms with Gasteiger partial charge in [-0.1, -0.05) is 30.3 Å². The number of nitrogens with one attached hydrogen (secondary N) is 2. The Balaban J connectivity index is 1.59. The third-order valence-electron chi connectivity index (χ3n) is 4.22. The van der Waals surface area contributed by atoms with E-state index in [2.05, 4.69) is 5.32 Å². The lowest BCUT2D eigenvalue weighted by Crippen LogP contribution is -2.30. The minimum Gasteiger partial charge on any atom is -0.497 e. The van der Waals surface area contributed by atoms with E-state index in [0.717, 1.165) is 16.3 Å². The second kappa shape index (κ2) is 9.42. The van der Waals surface area contributed by atoms with Crippen LogP contribution >= 0.6 is 0 Å². The molecule has 0 heterocycles. The molecule has 8 nitrogen and oxygen atoms in total. The Kier molecular flexibility index (Phi) is 6.49. The molecule has 0 saturated carbocycles. The number of carbonyl (C=O) groups excluding carboxylic acids is 1. The number of benzene rings is 3. The maximum atomic E-state index is 12.0. The summed E-state index contributed by atoms with van der Waals surface area (Å²) >= 11 is 0. The van der Waals surface area contributed by atoms with Crippen LogP contribution in [-0.2, 0) is 16.1 Å². The summed E-state index contributed by atoms with van der Waals surface area (Å²) in [6.07, 6.45) is -0.728. The van der Waals surface area contributed by atoms with Crippen LogP contribution in [0.4, 0.5) is 4.79 Å². The van der Waals surface area contributed by atoms with Gasteiger partial charge in [0.2, 0.25) is 0 Å². The summed E-state index contributed by atoms with van der Waals surface area (Å²) in [5.74, 6) is 0.00138. The van der Waals surface area contributed by atoms with Crippen molar-refractivity contribution in [3.8, 4) is 11.5 Å². The fourth-order valence-electron chi connectivity index (χ4n) is 2.70. The van der Waals surface area contributed by atoms with Gasteiger partial charge in [0.05, 0.1) is 7.11 Å². The number of hydrogen-bond donors (Lipinski definition) is 3. The van der Waals surface area contributed by atoms with E-state index in [1.165, 1.54) is 0 Å². The van der Waals surface area contributed by atoms with Crippen LogP contribution in [0, 0.1) is 5.41 Å². The predicted molar refractivity (Wildman–Crippen MR) is 110 cm³/mol. The minimum atomic E-state index is -1.05. The SMILES string of the molecule is COc1ccc(COC(=O)NC(=N)c2ccc3cc(OCC(=O)O)ccc3c2)cc1. The number of carbonyl (C=O) groups is 2. The number of rotatable bonds is 7. The van der Waals surface area contributed by atoms with E-state index in [0.29, 0.717) is 17.1 Å². The Morgan fingerprint density at radius 1 is 0.967 bits per heavy atom. The van der Waals surface area contributed by atoms with Crippen LogP contribution in [0.1, 0.15) is 11.1 Å². The molecule has 0 atom stereocenters. The number of carboxylic acids is 1. The molecule has 0 bridgehead atoms. The summed E-state index contributed by atoms with van der Waals surface area (Å²) in [7, 11) is 1.57. The summed E-state index contributed by atoms with van der Waals surface area (Å²) in [4.78, 5) is 22.6. The first-order valence-electron chi connectivity index (χ1n) is 8.98. The highest BCUT2D eigenvalue weighted by Gasteiger charge is 2.10. The summed E-state index contributed by atoms with van der Waals surface area (Å²) in [5, 5.41) is 20.8. The van der Waals surface area contributed by atoms with Crippen LogP contribution in [0.15, 0.2) is 60.7 Å². The zero-order valence-electron chi connectivity index (χ0n) is 16.2. The number of fused-ring (bicyclic) bond motifs is 1. The van der Waals surface area contributed by atoms with E-state index in [1.807, 2.05) is 0 Å². The van der Waals surface area contributed by atoms with E-state index in [4.69, 9.17) is 24.7 Å². The van der Waals surface area contributed by atoms with Crippen LogP contribution in [0.2, 0.25) is 0 Å². The number of amidine groups is 1. The van der Waals surface area contributed by atoms with E-state index >= 15 is 0 Å². The van der Waals surface area contributed by atoms with Crippen molar-refractivity contribution in [2.45, 2.75) is 6.61 Å². The van der Waals surface area contributed by atoms with Crippen molar-refractivity contribution in [3.05, 3.63) is 71.8 Å². The molecular weight excluding hydrogens is 388 g/mol. The van der Waals surface area contributed by atoms with E-state index in [1.54, 1.807) is 67.8 Å². The number of hydrogen-bond acceptors (Lipinski definition) is 6. The molecule has 0 aliphatic heterocycles. The largest absolute Gasteiger partial charge is 0.497 e. The summed E-state index contributed by atoms with van der Waals surface area (Å²) in [6, 6.07) is 17.4. The van der Waals surface area contributed by atoms with E-state index < -0.39 is 18.7 Å². The van der Waals surface area contributed by atoms with Crippen LogP contribution < -0.4 is 14.8 Å². The molecule has 3 aromatic rings. The monoisotopic (exact) mass is 408 g/mol. The van der Waals surface area contributed by atoms with Crippen molar-refractivity contribution in [2.24, 2.45) is 0 Å². The summed E-state index contributed by atoms with van der Waals surface area (Å²) in [5.41, 5.74) is 1.30. The van der Waals surface area contributed by atoms with Crippen molar-refractivity contribution < 1.29 is 28.9 Å². The van der Waals surface area contributed by atoms with Gasteiger partial charge in [0.15, 0.2) is 6.61 Å². The molecular formula is C22H20N2O6. The predicted octanol–water partition coefficient (Wildman–Crippen LogP) is 3.56. The molecule has 0 saturated heterocycles. The standard InChI is InChI=1S/C22H20N2O6/c1-28-18-7-2-14(3-8-18)12-30-22(27)24-21(23)17-5-4-16-11-19(29-13-20(25)26)9-6-15(16)10-17/h2-11H,12-13H2,1H3,(H,25,26)(H2,23,24,27). The third-order valence-corrected chi connectivity index (χ3v) is 4.22. The first-order chi connectivity index (χ1) is 14.4. The molecule has 3 rings (SSSR count). The fourth-order valence-corrected chi connectivity index (χ4v) is 2.70. The Morgan fingerprint density at radius 2 is 1.63 bits per heavy atom. The third kappa shape index (κ3) is 5.48. The minimum absolute atomic E-state index is 0.0694. The molecule has 0 aromatic heterocycles. The highest BCUT2D eigenvalue weighted by Crippen LogP contribution is 2.22. The highest BCUT2D eigenvalue weighted by atomic mass is 16.5. The Bertz CT molecular complexity index is 1080. The highest BCUT2D eigenvalue weighted by molar-refractivity contribution is 6.06. The maximum Gasteiger partial charge on any atom is 0.413 e. The van der Waals surface area contributed by atoms with Crippen molar-refractivity contribution in [1.82, 2.24) is 5.32 Å². The topological polar surface area (TPSA) is 118 Å². The number of aliphatic carboxylic acids is 1. The van der Waals surface area contributed by atoms with Gasteiger partial charge in [0, 0.05) is 5.56 Å². The van der Waals surface area contributed by atoms with Crippen molar-refractivity contribution in [2.75, 3.05) is 13.7 Å². The lowest BCUT2D eigenvalue weighted by Gasteiger charge is -2.10. The fraction of sp³-hybridized carbons (Fsp3) is 0.136. The van der Waals surface area contributed by atoms with E-state index in [9.17, 15) is 9.59 Å². The van der Waals surface area contributed by atoms with Crippen molar-refractivity contribution in [1.29, 1.82) is 5.41 Å². The summed E-state index contributed by atoms with van der Waals surface area (Å²) in [6.45, 7) is -0.350. The Hall–Kier alpha value is -4.07. The second-order valence-corrected chi connectivity index (χ2v) is 6.33. The summed E-state index contributed by atoms with van der Waals surface area (Å²) < 4.78 is 15.4. The molecule has 0 spiro atoms. The molecule has 0 unspecified atom stereocenters. The average Bonchev–Trinajstić information content (AvgIpc) is 2.76. The van der Waals surface area contributed by atoms with Gasteiger partial charge in [-0.3, -0.25) is 10.7 Å². The number of carboxylic acid groups (broad SMARTS) is 1. The molecule has 154 valence electrons. The van der Waals surface area contributed by atoms with Crippen molar-refractivity contribution in [3.63, 3.8) is 0 Å². The lowest BCUT2D eigenvalue weighted by atomic mass is 10.1. The smallest absolute Gasteiger partial charge is 0.413 e. The Labute approximate surface area is 172 Å². The number of ether oxygens (including phenoxy) is 3. The molecule has 1 amide bonds. The Morgan fingerprint density at radius 3 is 2.33 bits per heavy atom. The number of amides is 1. The van der Waals surface area contributed by atoms with Crippen LogP contribution in [-0.4, -0.2) is 36.7 Å². The van der Waals surface area contributed by atoms with Gasteiger partial charge in [0.25, 0.3) is 0 Å².